The number of phenolic OH excluding ortho intramolecular Hbond substituents is 1. The number of aryl methyl sites for hydroxylation is 1. The Morgan fingerprint density at radius 3 is 2.59 bits per heavy atom. The van der Waals surface area contributed by atoms with E-state index in [9.17, 15) is 20.4 Å². The number of ether oxygens (including phenoxy) is 2. The van der Waals surface area contributed by atoms with E-state index in [2.05, 4.69) is 5.32 Å². The second-order valence-electron chi connectivity index (χ2n) is 7.41. The number of aliphatic hydroxyl groups excluding tert-OH is 3. The third kappa shape index (κ3) is 5.61. The van der Waals surface area contributed by atoms with Crippen LogP contribution in [0.5, 0.6) is 11.5 Å². The highest BCUT2D eigenvalue weighted by Gasteiger charge is 2.38. The molecule has 5 atom stereocenters. The molecule has 1 aliphatic rings. The molecule has 0 spiro atoms. The molecule has 2 unspecified atom stereocenters. The van der Waals surface area contributed by atoms with Crippen molar-refractivity contribution < 1.29 is 29.9 Å². The minimum atomic E-state index is -1.22. The molecule has 29 heavy (non-hydrogen) atoms. The molecule has 2 aromatic rings. The Kier molecular flexibility index (Phi) is 7.33. The average Bonchev–Trinajstić information content (AvgIpc) is 2.74. The van der Waals surface area contributed by atoms with E-state index in [0.29, 0.717) is 12.2 Å². The molecule has 0 saturated carbocycles. The maximum Gasteiger partial charge on any atom is 0.160 e. The fourth-order valence-electron chi connectivity index (χ4n) is 3.59. The predicted molar refractivity (Wildman–Crippen MR) is 109 cm³/mol. The van der Waals surface area contributed by atoms with E-state index in [1.165, 1.54) is 7.11 Å². The zero-order valence-corrected chi connectivity index (χ0v) is 16.4. The van der Waals surface area contributed by atoms with Gasteiger partial charge < -0.3 is 35.2 Å². The standard InChI is InChI=1S/C22H29NO6/c1-28-19-11-14(8-10-17(19)24)7-9-16(23-15-5-3-2-4-6-15)12-20-22(27)21(26)18(25)13-29-20/h2-6,8,10-11,16,18,20-27H,7,9,12-13H2,1H3/t16?,18-,20?,21+,22+/m1/s1. The molecule has 7 heteroatoms. The first-order valence-electron chi connectivity index (χ1n) is 9.81. The summed E-state index contributed by atoms with van der Waals surface area (Å²) in [6, 6.07) is 15.0. The van der Waals surface area contributed by atoms with Crippen LogP contribution in [0.3, 0.4) is 0 Å². The Labute approximate surface area is 170 Å². The first kappa shape index (κ1) is 21.4. The van der Waals surface area contributed by atoms with Gasteiger partial charge in [0.15, 0.2) is 11.5 Å². The van der Waals surface area contributed by atoms with Gasteiger partial charge in [-0.3, -0.25) is 0 Å². The van der Waals surface area contributed by atoms with Crippen LogP contribution in [0, 0.1) is 0 Å². The zero-order chi connectivity index (χ0) is 20.8. The third-order valence-electron chi connectivity index (χ3n) is 5.29. The molecular formula is C22H29NO6. The van der Waals surface area contributed by atoms with Crippen molar-refractivity contribution in [3.63, 3.8) is 0 Å². The number of aromatic hydroxyl groups is 1. The number of aliphatic hydroxyl groups is 3. The highest BCUT2D eigenvalue weighted by atomic mass is 16.5. The minimum Gasteiger partial charge on any atom is -0.504 e. The number of hydrogen-bond acceptors (Lipinski definition) is 7. The van der Waals surface area contributed by atoms with E-state index in [4.69, 9.17) is 9.47 Å². The molecule has 1 heterocycles. The molecule has 3 rings (SSSR count). The summed E-state index contributed by atoms with van der Waals surface area (Å²) in [6.45, 7) is -0.00386. The molecule has 0 radical (unpaired) electrons. The van der Waals surface area contributed by atoms with Crippen LogP contribution in [0.2, 0.25) is 0 Å². The van der Waals surface area contributed by atoms with E-state index in [0.717, 1.165) is 24.1 Å². The molecule has 0 amide bonds. The van der Waals surface area contributed by atoms with Crippen molar-refractivity contribution in [3.8, 4) is 11.5 Å². The lowest BCUT2D eigenvalue weighted by atomic mass is 9.92. The highest BCUT2D eigenvalue weighted by molar-refractivity contribution is 5.44. The molecule has 5 N–H and O–H groups in total. The number of nitrogens with one attached hydrogen (secondary N) is 1. The third-order valence-corrected chi connectivity index (χ3v) is 5.29. The summed E-state index contributed by atoms with van der Waals surface area (Å²) in [5.74, 6) is 0.527. The number of benzene rings is 2. The van der Waals surface area contributed by atoms with Crippen LogP contribution in [0.25, 0.3) is 0 Å². The maximum absolute atomic E-state index is 10.3. The van der Waals surface area contributed by atoms with E-state index in [1.54, 1.807) is 12.1 Å². The van der Waals surface area contributed by atoms with Gasteiger partial charge in [0, 0.05) is 11.7 Å². The van der Waals surface area contributed by atoms with Crippen LogP contribution in [0.15, 0.2) is 48.5 Å². The normalized spacial score (nSPS) is 25.4. The second-order valence-corrected chi connectivity index (χ2v) is 7.41. The molecule has 1 saturated heterocycles. The Hall–Kier alpha value is -2.32. The molecule has 2 aromatic carbocycles. The van der Waals surface area contributed by atoms with Crippen LogP contribution in [-0.4, -0.2) is 64.6 Å². The van der Waals surface area contributed by atoms with Crippen LogP contribution < -0.4 is 10.1 Å². The van der Waals surface area contributed by atoms with Crippen molar-refractivity contribution >= 4 is 5.69 Å². The van der Waals surface area contributed by atoms with E-state index in [1.807, 2.05) is 36.4 Å². The lowest BCUT2D eigenvalue weighted by Crippen LogP contribution is -2.54. The quantitative estimate of drug-likeness (QED) is 0.456. The van der Waals surface area contributed by atoms with Crippen molar-refractivity contribution in [2.75, 3.05) is 19.0 Å². The molecule has 7 nitrogen and oxygen atoms in total. The van der Waals surface area contributed by atoms with Gasteiger partial charge in [-0.1, -0.05) is 24.3 Å². The lowest BCUT2D eigenvalue weighted by Gasteiger charge is -2.37. The lowest BCUT2D eigenvalue weighted by molar-refractivity contribution is -0.188. The van der Waals surface area contributed by atoms with Crippen LogP contribution in [0.4, 0.5) is 5.69 Å². The number of methoxy groups -OCH3 is 1. The van der Waals surface area contributed by atoms with Gasteiger partial charge >= 0.3 is 0 Å². The molecule has 0 aromatic heterocycles. The summed E-state index contributed by atoms with van der Waals surface area (Å²) >= 11 is 0. The largest absolute Gasteiger partial charge is 0.504 e. The van der Waals surface area contributed by atoms with E-state index in [-0.39, 0.29) is 18.4 Å². The van der Waals surface area contributed by atoms with Gasteiger partial charge in [-0.05, 0) is 49.1 Å². The molecule has 1 aliphatic heterocycles. The average molecular weight is 403 g/mol. The first-order chi connectivity index (χ1) is 14.0. The van der Waals surface area contributed by atoms with E-state index < -0.39 is 24.4 Å². The number of hydrogen-bond donors (Lipinski definition) is 5. The molecule has 1 fully saturated rings. The second kappa shape index (κ2) is 9.93. The Morgan fingerprint density at radius 2 is 1.86 bits per heavy atom. The van der Waals surface area contributed by atoms with Crippen molar-refractivity contribution in [2.45, 2.75) is 49.7 Å². The zero-order valence-electron chi connectivity index (χ0n) is 16.4. The van der Waals surface area contributed by atoms with Crippen molar-refractivity contribution in [2.24, 2.45) is 0 Å². The van der Waals surface area contributed by atoms with Gasteiger partial charge in [0.1, 0.15) is 18.3 Å². The predicted octanol–water partition coefficient (Wildman–Crippen LogP) is 1.69. The Balaban J connectivity index is 1.69. The fourth-order valence-corrected chi connectivity index (χ4v) is 3.59. The van der Waals surface area contributed by atoms with Gasteiger partial charge in [-0.15, -0.1) is 0 Å². The van der Waals surface area contributed by atoms with E-state index >= 15 is 0 Å². The molecule has 158 valence electrons. The summed E-state index contributed by atoms with van der Waals surface area (Å²) in [7, 11) is 1.51. The summed E-state index contributed by atoms with van der Waals surface area (Å²) < 4.78 is 10.8. The van der Waals surface area contributed by atoms with Crippen LogP contribution >= 0.6 is 0 Å². The summed E-state index contributed by atoms with van der Waals surface area (Å²) in [5, 5.41) is 43.2. The maximum atomic E-state index is 10.3. The van der Waals surface area contributed by atoms with Gasteiger partial charge in [-0.25, -0.2) is 0 Å². The number of phenols is 1. The van der Waals surface area contributed by atoms with Gasteiger partial charge in [-0.2, -0.15) is 0 Å². The molecule has 0 bridgehead atoms. The molecular weight excluding hydrogens is 374 g/mol. The van der Waals surface area contributed by atoms with Crippen LogP contribution in [-0.2, 0) is 11.2 Å². The number of para-hydroxylation sites is 1. The minimum absolute atomic E-state index is 0.00386. The van der Waals surface area contributed by atoms with Gasteiger partial charge in [0.2, 0.25) is 0 Å². The fraction of sp³-hybridized carbons (Fsp3) is 0.455. The summed E-state index contributed by atoms with van der Waals surface area (Å²) in [6.07, 6.45) is -2.10. The SMILES string of the molecule is COc1cc(CCC(CC2OC[C@@H](O)[C@H](O)[C@H]2O)Nc2ccccc2)ccc1O. The monoisotopic (exact) mass is 403 g/mol. The van der Waals surface area contributed by atoms with Crippen molar-refractivity contribution in [3.05, 3.63) is 54.1 Å². The molecule has 0 aliphatic carbocycles. The van der Waals surface area contributed by atoms with Crippen LogP contribution in [0.1, 0.15) is 18.4 Å². The Bertz CT molecular complexity index is 771. The smallest absolute Gasteiger partial charge is 0.160 e. The van der Waals surface area contributed by atoms with Crippen molar-refractivity contribution in [1.29, 1.82) is 0 Å². The Morgan fingerprint density at radius 1 is 1.10 bits per heavy atom. The summed E-state index contributed by atoms with van der Waals surface area (Å²) in [5.41, 5.74) is 1.96. The number of rotatable bonds is 8. The van der Waals surface area contributed by atoms with Gasteiger partial charge in [0.25, 0.3) is 0 Å². The summed E-state index contributed by atoms with van der Waals surface area (Å²) in [4.78, 5) is 0. The van der Waals surface area contributed by atoms with Crippen molar-refractivity contribution in [1.82, 2.24) is 0 Å². The van der Waals surface area contributed by atoms with Gasteiger partial charge in [0.05, 0.1) is 19.8 Å². The number of anilines is 1. The first-order valence-corrected chi connectivity index (χ1v) is 9.81. The highest BCUT2D eigenvalue weighted by Crippen LogP contribution is 2.28. The topological polar surface area (TPSA) is 111 Å².